The van der Waals surface area contributed by atoms with Crippen molar-refractivity contribution in [1.29, 1.82) is 0 Å². The molecule has 0 bridgehead atoms. The van der Waals surface area contributed by atoms with E-state index in [1.165, 1.54) is 6.42 Å². The van der Waals surface area contributed by atoms with Gasteiger partial charge in [-0.3, -0.25) is 4.79 Å². The molecule has 1 aliphatic rings. The lowest BCUT2D eigenvalue weighted by atomic mass is 9.74. The molecule has 0 aromatic heterocycles. The van der Waals surface area contributed by atoms with Crippen molar-refractivity contribution < 1.29 is 4.79 Å². The van der Waals surface area contributed by atoms with Gasteiger partial charge in [-0.25, -0.2) is 0 Å². The average Bonchev–Trinajstić information content (AvgIpc) is 1.57. The summed E-state index contributed by atoms with van der Waals surface area (Å²) in [5, 5.41) is 0. The van der Waals surface area contributed by atoms with Crippen LogP contribution in [0.3, 0.4) is 0 Å². The first-order valence-corrected chi connectivity index (χ1v) is 3.99. The normalized spacial score (nSPS) is 20.9. The fourth-order valence-electron chi connectivity index (χ4n) is 1.59. The zero-order valence-corrected chi connectivity index (χ0v) is 7.11. The highest BCUT2D eigenvalue weighted by Gasteiger charge is 2.29. The second-order valence-corrected chi connectivity index (χ2v) is 4.58. The van der Waals surface area contributed by atoms with E-state index in [9.17, 15) is 4.79 Å². The van der Waals surface area contributed by atoms with Crippen LogP contribution in [0.4, 0.5) is 0 Å². The Bertz CT molecular complexity index is 133. The SMILES string of the molecule is CC(C)(C)CC1CC(=O)C1. The van der Waals surface area contributed by atoms with E-state index in [4.69, 9.17) is 0 Å². The van der Waals surface area contributed by atoms with Crippen molar-refractivity contribution >= 4 is 5.78 Å². The highest BCUT2D eigenvalue weighted by molar-refractivity contribution is 5.84. The van der Waals surface area contributed by atoms with Crippen molar-refractivity contribution in [2.75, 3.05) is 0 Å². The van der Waals surface area contributed by atoms with Crippen LogP contribution >= 0.6 is 0 Å². The molecule has 1 fully saturated rings. The largest absolute Gasteiger partial charge is 0.300 e. The molecule has 58 valence electrons. The van der Waals surface area contributed by atoms with Gasteiger partial charge >= 0.3 is 0 Å². The van der Waals surface area contributed by atoms with E-state index in [1.54, 1.807) is 0 Å². The maximum atomic E-state index is 10.6. The van der Waals surface area contributed by atoms with Gasteiger partial charge in [0, 0.05) is 12.8 Å². The van der Waals surface area contributed by atoms with E-state index in [-0.39, 0.29) is 0 Å². The van der Waals surface area contributed by atoms with Crippen molar-refractivity contribution in [3.8, 4) is 0 Å². The Morgan fingerprint density at radius 3 is 2.20 bits per heavy atom. The lowest BCUT2D eigenvalue weighted by Gasteiger charge is -2.30. The lowest BCUT2D eigenvalue weighted by molar-refractivity contribution is -0.127. The smallest absolute Gasteiger partial charge is 0.133 e. The van der Waals surface area contributed by atoms with Crippen LogP contribution < -0.4 is 0 Å². The number of carbonyl (C=O) groups is 1. The zero-order valence-electron chi connectivity index (χ0n) is 7.11. The maximum absolute atomic E-state index is 10.6. The molecule has 0 radical (unpaired) electrons. The number of hydrogen-bond donors (Lipinski definition) is 0. The second kappa shape index (κ2) is 2.37. The van der Waals surface area contributed by atoms with Crippen molar-refractivity contribution in [3.05, 3.63) is 0 Å². The topological polar surface area (TPSA) is 17.1 Å². The molecule has 1 aliphatic carbocycles. The quantitative estimate of drug-likeness (QED) is 0.546. The Balaban J connectivity index is 2.22. The molecule has 1 nitrogen and oxygen atoms in total. The fourth-order valence-corrected chi connectivity index (χ4v) is 1.59. The van der Waals surface area contributed by atoms with E-state index >= 15 is 0 Å². The van der Waals surface area contributed by atoms with Crippen LogP contribution in [-0.2, 0) is 4.79 Å². The molecular weight excluding hydrogens is 124 g/mol. The van der Waals surface area contributed by atoms with Gasteiger partial charge < -0.3 is 0 Å². The maximum Gasteiger partial charge on any atom is 0.133 e. The van der Waals surface area contributed by atoms with Crippen LogP contribution in [0.15, 0.2) is 0 Å². The first-order valence-electron chi connectivity index (χ1n) is 3.99. The minimum absolute atomic E-state index is 0.408. The van der Waals surface area contributed by atoms with E-state index < -0.39 is 0 Å². The molecule has 0 aliphatic heterocycles. The number of carbonyl (C=O) groups excluding carboxylic acids is 1. The summed E-state index contributed by atoms with van der Waals surface area (Å²) in [7, 11) is 0. The summed E-state index contributed by atoms with van der Waals surface area (Å²) in [6.07, 6.45) is 2.90. The minimum atomic E-state index is 0.408. The third kappa shape index (κ3) is 2.13. The summed E-state index contributed by atoms with van der Waals surface area (Å²) in [5.41, 5.74) is 0.408. The van der Waals surface area contributed by atoms with Crippen LogP contribution in [0.2, 0.25) is 0 Å². The number of hydrogen-bond acceptors (Lipinski definition) is 1. The van der Waals surface area contributed by atoms with Gasteiger partial charge in [-0.2, -0.15) is 0 Å². The Labute approximate surface area is 62.8 Å². The van der Waals surface area contributed by atoms with Gasteiger partial charge in [0.15, 0.2) is 0 Å². The van der Waals surface area contributed by atoms with Gasteiger partial charge in [-0.1, -0.05) is 20.8 Å². The summed E-state index contributed by atoms with van der Waals surface area (Å²) in [4.78, 5) is 10.6. The summed E-state index contributed by atoms with van der Waals surface area (Å²) in [6.45, 7) is 6.70. The molecule has 0 spiro atoms. The lowest BCUT2D eigenvalue weighted by Crippen LogP contribution is -2.27. The monoisotopic (exact) mass is 140 g/mol. The highest BCUT2D eigenvalue weighted by Crippen LogP contribution is 2.34. The molecule has 0 aromatic rings. The fraction of sp³-hybridized carbons (Fsp3) is 0.889. The third-order valence-electron chi connectivity index (χ3n) is 1.93. The third-order valence-corrected chi connectivity index (χ3v) is 1.93. The predicted molar refractivity (Wildman–Crippen MR) is 41.8 cm³/mol. The van der Waals surface area contributed by atoms with Crippen molar-refractivity contribution in [1.82, 2.24) is 0 Å². The van der Waals surface area contributed by atoms with Crippen molar-refractivity contribution in [2.45, 2.75) is 40.0 Å². The van der Waals surface area contributed by atoms with E-state index in [0.717, 1.165) is 12.8 Å². The Morgan fingerprint density at radius 2 is 1.90 bits per heavy atom. The summed E-state index contributed by atoms with van der Waals surface area (Å²) >= 11 is 0. The molecule has 0 N–H and O–H groups in total. The molecule has 0 saturated heterocycles. The van der Waals surface area contributed by atoms with Crippen molar-refractivity contribution in [3.63, 3.8) is 0 Å². The molecule has 0 aromatic carbocycles. The molecule has 1 rings (SSSR count). The van der Waals surface area contributed by atoms with Crippen LogP contribution in [0.1, 0.15) is 40.0 Å². The molecule has 1 heteroatoms. The molecular formula is C9H16O. The van der Waals surface area contributed by atoms with Crippen LogP contribution in [0.25, 0.3) is 0 Å². The summed E-state index contributed by atoms with van der Waals surface area (Å²) in [5.74, 6) is 1.15. The Hall–Kier alpha value is -0.330. The highest BCUT2D eigenvalue weighted by atomic mass is 16.1. The molecule has 0 atom stereocenters. The Kier molecular flexibility index (Phi) is 1.84. The van der Waals surface area contributed by atoms with E-state index in [0.29, 0.717) is 17.1 Å². The first kappa shape index (κ1) is 7.77. The van der Waals surface area contributed by atoms with E-state index in [1.807, 2.05) is 0 Å². The number of ketones is 1. The first-order chi connectivity index (χ1) is 4.47. The number of rotatable bonds is 1. The van der Waals surface area contributed by atoms with Gasteiger partial charge in [-0.15, -0.1) is 0 Å². The van der Waals surface area contributed by atoms with Gasteiger partial charge in [0.25, 0.3) is 0 Å². The summed E-state index contributed by atoms with van der Waals surface area (Å²) in [6, 6.07) is 0. The molecule has 10 heavy (non-hydrogen) atoms. The van der Waals surface area contributed by atoms with Crippen LogP contribution in [0, 0.1) is 11.3 Å². The second-order valence-electron chi connectivity index (χ2n) is 4.58. The van der Waals surface area contributed by atoms with Crippen molar-refractivity contribution in [2.24, 2.45) is 11.3 Å². The summed E-state index contributed by atoms with van der Waals surface area (Å²) < 4.78 is 0. The molecule has 0 amide bonds. The molecule has 1 saturated carbocycles. The minimum Gasteiger partial charge on any atom is -0.300 e. The standard InChI is InChI=1S/C9H16O/c1-9(2,3)6-7-4-8(10)5-7/h7H,4-6H2,1-3H3. The molecule has 0 unspecified atom stereocenters. The average molecular weight is 140 g/mol. The van der Waals surface area contributed by atoms with E-state index in [2.05, 4.69) is 20.8 Å². The van der Waals surface area contributed by atoms with Gasteiger partial charge in [0.05, 0.1) is 0 Å². The zero-order chi connectivity index (χ0) is 7.78. The number of Topliss-reactive ketones (excluding diaryl/α,β-unsaturated/α-hetero) is 1. The van der Waals surface area contributed by atoms with Gasteiger partial charge in [0.2, 0.25) is 0 Å². The van der Waals surface area contributed by atoms with Gasteiger partial charge in [-0.05, 0) is 17.8 Å². The predicted octanol–water partition coefficient (Wildman–Crippen LogP) is 2.40. The Morgan fingerprint density at radius 1 is 1.40 bits per heavy atom. The van der Waals surface area contributed by atoms with Gasteiger partial charge in [0.1, 0.15) is 5.78 Å². The van der Waals surface area contributed by atoms with Crippen LogP contribution in [0.5, 0.6) is 0 Å². The van der Waals surface area contributed by atoms with Crippen LogP contribution in [-0.4, -0.2) is 5.78 Å². The molecule has 0 heterocycles.